The maximum Gasteiger partial charge on any atom is 0.416 e. The monoisotopic (exact) mass is 595 g/mol. The number of benzene rings is 3. The van der Waals surface area contributed by atoms with E-state index in [-0.39, 0.29) is 16.5 Å². The molecule has 0 aliphatic heterocycles. The van der Waals surface area contributed by atoms with Gasteiger partial charge in [0, 0.05) is 13.1 Å². The lowest BCUT2D eigenvalue weighted by Gasteiger charge is -2.32. The van der Waals surface area contributed by atoms with Gasteiger partial charge in [0.05, 0.1) is 21.2 Å². The fourth-order valence-corrected chi connectivity index (χ4v) is 5.70. The Morgan fingerprint density at radius 3 is 2.23 bits per heavy atom. The van der Waals surface area contributed by atoms with Gasteiger partial charge < -0.3 is 10.2 Å². The van der Waals surface area contributed by atoms with E-state index in [1.807, 2.05) is 19.1 Å². The second-order valence-electron chi connectivity index (χ2n) is 9.01. The summed E-state index contributed by atoms with van der Waals surface area (Å²) in [6.45, 7) is 4.37. The van der Waals surface area contributed by atoms with Crippen molar-refractivity contribution in [2.24, 2.45) is 0 Å². The molecule has 0 bridgehead atoms. The van der Waals surface area contributed by atoms with Crippen molar-refractivity contribution in [1.82, 2.24) is 10.2 Å². The zero-order valence-corrected chi connectivity index (χ0v) is 23.6. The van der Waals surface area contributed by atoms with Gasteiger partial charge in [0.2, 0.25) is 11.8 Å². The lowest BCUT2D eigenvalue weighted by molar-refractivity contribution is -0.139. The van der Waals surface area contributed by atoms with E-state index in [9.17, 15) is 31.2 Å². The Balaban J connectivity index is 2.14. The number of nitrogens with one attached hydrogen (secondary N) is 1. The van der Waals surface area contributed by atoms with E-state index >= 15 is 0 Å². The Hall–Kier alpha value is -3.57. The van der Waals surface area contributed by atoms with Crippen molar-refractivity contribution < 1.29 is 31.2 Å². The van der Waals surface area contributed by atoms with Gasteiger partial charge in [-0.05, 0) is 62.2 Å². The summed E-state index contributed by atoms with van der Waals surface area (Å²) in [6, 6.07) is 15.4. The van der Waals surface area contributed by atoms with Gasteiger partial charge in [0.1, 0.15) is 12.6 Å². The summed E-state index contributed by atoms with van der Waals surface area (Å²) < 4.78 is 68.8. The minimum atomic E-state index is -4.80. The highest BCUT2D eigenvalue weighted by atomic mass is 35.5. The van der Waals surface area contributed by atoms with Gasteiger partial charge >= 0.3 is 6.18 Å². The van der Waals surface area contributed by atoms with Gasteiger partial charge in [0.25, 0.3) is 10.0 Å². The highest BCUT2D eigenvalue weighted by Gasteiger charge is 2.36. The molecule has 0 heterocycles. The second-order valence-corrected chi connectivity index (χ2v) is 11.3. The van der Waals surface area contributed by atoms with E-state index in [4.69, 9.17) is 11.6 Å². The van der Waals surface area contributed by atoms with Crippen LogP contribution < -0.4 is 9.62 Å². The molecule has 3 rings (SSSR count). The summed E-state index contributed by atoms with van der Waals surface area (Å²) in [5.74, 6) is -1.28. The first kappa shape index (κ1) is 31.0. The van der Waals surface area contributed by atoms with Crippen molar-refractivity contribution in [2.45, 2.75) is 44.4 Å². The smallest absolute Gasteiger partial charge is 0.355 e. The molecule has 7 nitrogen and oxygen atoms in total. The first-order valence-electron chi connectivity index (χ1n) is 12.3. The van der Waals surface area contributed by atoms with Crippen molar-refractivity contribution >= 4 is 39.1 Å². The molecule has 0 aromatic heterocycles. The van der Waals surface area contributed by atoms with Crippen LogP contribution in [-0.2, 0) is 32.3 Å². The summed E-state index contributed by atoms with van der Waals surface area (Å²) in [4.78, 5) is 27.5. The quantitative estimate of drug-likeness (QED) is 0.339. The van der Waals surface area contributed by atoms with Crippen LogP contribution in [-0.4, -0.2) is 44.3 Å². The van der Waals surface area contributed by atoms with Crippen LogP contribution in [0.2, 0.25) is 5.02 Å². The number of anilines is 1. The normalized spacial score (nSPS) is 12.5. The molecule has 0 aliphatic rings. The number of sulfonamides is 1. The van der Waals surface area contributed by atoms with E-state index in [1.54, 1.807) is 25.1 Å². The summed E-state index contributed by atoms with van der Waals surface area (Å²) >= 11 is 6.24. The van der Waals surface area contributed by atoms with Crippen LogP contribution in [0.4, 0.5) is 18.9 Å². The summed E-state index contributed by atoms with van der Waals surface area (Å²) in [5.41, 5.74) is -0.116. The number of nitrogens with zero attached hydrogens (tertiary/aromatic N) is 2. The molecule has 3 aromatic rings. The zero-order chi connectivity index (χ0) is 29.7. The molecule has 3 aromatic carbocycles. The standard InChI is InChI=1S/C28H29ClF3N3O4S/c1-4-33-27(37)20(3)34(17-21-11-9-8-10-19(21)2)26(36)18-35(40(38,39)23-12-6-5-7-13-23)25-16-22(28(30,31)32)14-15-24(25)29/h5-16,20H,4,17-18H2,1-3H3,(H,33,37)/t20-/m1/s1. The van der Waals surface area contributed by atoms with E-state index in [0.717, 1.165) is 17.7 Å². The van der Waals surface area contributed by atoms with Crippen LogP contribution in [0.3, 0.4) is 0 Å². The molecule has 40 heavy (non-hydrogen) atoms. The van der Waals surface area contributed by atoms with E-state index in [2.05, 4.69) is 5.32 Å². The number of rotatable bonds is 10. The molecular weight excluding hydrogens is 567 g/mol. The molecule has 1 N–H and O–H groups in total. The van der Waals surface area contributed by atoms with Crippen molar-refractivity contribution in [3.8, 4) is 0 Å². The Morgan fingerprint density at radius 1 is 1.00 bits per heavy atom. The number of hydrogen-bond acceptors (Lipinski definition) is 4. The highest BCUT2D eigenvalue weighted by Crippen LogP contribution is 2.37. The number of alkyl halides is 3. The molecule has 0 aliphatic carbocycles. The van der Waals surface area contributed by atoms with Gasteiger partial charge in [-0.1, -0.05) is 54.1 Å². The van der Waals surface area contributed by atoms with E-state index in [0.29, 0.717) is 22.5 Å². The average molecular weight is 596 g/mol. The number of carbonyl (C=O) groups is 2. The van der Waals surface area contributed by atoms with Crippen LogP contribution in [0.25, 0.3) is 0 Å². The number of carbonyl (C=O) groups excluding carboxylic acids is 2. The maximum absolute atomic E-state index is 13.8. The van der Waals surface area contributed by atoms with Crippen molar-refractivity contribution in [2.75, 3.05) is 17.4 Å². The number of halogens is 4. The van der Waals surface area contributed by atoms with Crippen LogP contribution >= 0.6 is 11.6 Å². The largest absolute Gasteiger partial charge is 0.416 e. The molecule has 0 radical (unpaired) electrons. The van der Waals surface area contributed by atoms with Crippen LogP contribution in [0.1, 0.15) is 30.5 Å². The Labute approximate surface area is 236 Å². The predicted molar refractivity (Wildman–Crippen MR) is 147 cm³/mol. The van der Waals surface area contributed by atoms with E-state index < -0.39 is 51.9 Å². The third-order valence-corrected chi connectivity index (χ3v) is 8.37. The van der Waals surface area contributed by atoms with Crippen molar-refractivity contribution in [3.05, 3.63) is 94.5 Å². The molecule has 0 saturated heterocycles. The van der Waals surface area contributed by atoms with Gasteiger partial charge in [0.15, 0.2) is 0 Å². The number of likely N-dealkylation sites (N-methyl/N-ethyl adjacent to an activating group) is 1. The lowest BCUT2D eigenvalue weighted by atomic mass is 10.1. The van der Waals surface area contributed by atoms with Gasteiger partial charge in [-0.3, -0.25) is 13.9 Å². The molecule has 12 heteroatoms. The summed E-state index contributed by atoms with van der Waals surface area (Å²) in [6.07, 6.45) is -4.80. The molecule has 2 amide bonds. The second kappa shape index (κ2) is 12.7. The molecule has 0 fully saturated rings. The number of hydrogen-bond donors (Lipinski definition) is 1. The summed E-state index contributed by atoms with van der Waals surface area (Å²) in [7, 11) is -4.57. The molecule has 214 valence electrons. The maximum atomic E-state index is 13.8. The molecule has 1 atom stereocenters. The third-order valence-electron chi connectivity index (χ3n) is 6.27. The Morgan fingerprint density at radius 2 is 1.62 bits per heavy atom. The SMILES string of the molecule is CCNC(=O)[C@@H](C)N(Cc1ccccc1C)C(=O)CN(c1cc(C(F)(F)F)ccc1Cl)S(=O)(=O)c1ccccc1. The zero-order valence-electron chi connectivity index (χ0n) is 22.1. The third kappa shape index (κ3) is 7.14. The van der Waals surface area contributed by atoms with Gasteiger partial charge in [-0.15, -0.1) is 0 Å². The topological polar surface area (TPSA) is 86.8 Å². The van der Waals surface area contributed by atoms with Crippen LogP contribution in [0.5, 0.6) is 0 Å². The lowest BCUT2D eigenvalue weighted by Crippen LogP contribution is -2.51. The fourth-order valence-electron chi connectivity index (χ4n) is 3.99. The molecular formula is C28H29ClF3N3O4S. The van der Waals surface area contributed by atoms with Crippen molar-refractivity contribution in [1.29, 1.82) is 0 Å². The predicted octanol–water partition coefficient (Wildman–Crippen LogP) is 5.42. The van der Waals surface area contributed by atoms with E-state index in [1.165, 1.54) is 36.1 Å². The van der Waals surface area contributed by atoms with Crippen LogP contribution in [0.15, 0.2) is 77.7 Å². The molecule has 0 spiro atoms. The number of aryl methyl sites for hydroxylation is 1. The minimum absolute atomic E-state index is 0.0423. The Bertz CT molecular complexity index is 1470. The van der Waals surface area contributed by atoms with Crippen LogP contribution in [0, 0.1) is 6.92 Å². The first-order chi connectivity index (χ1) is 18.8. The molecule has 0 unspecified atom stereocenters. The minimum Gasteiger partial charge on any atom is -0.355 e. The first-order valence-corrected chi connectivity index (χ1v) is 14.1. The van der Waals surface area contributed by atoms with Gasteiger partial charge in [-0.25, -0.2) is 8.42 Å². The van der Waals surface area contributed by atoms with Gasteiger partial charge in [-0.2, -0.15) is 13.2 Å². The Kier molecular flexibility index (Phi) is 9.86. The highest BCUT2D eigenvalue weighted by molar-refractivity contribution is 7.92. The van der Waals surface area contributed by atoms with Crippen molar-refractivity contribution in [3.63, 3.8) is 0 Å². The average Bonchev–Trinajstić information content (AvgIpc) is 2.91. The number of amides is 2. The fraction of sp³-hybridized carbons (Fsp3) is 0.286. The summed E-state index contributed by atoms with van der Waals surface area (Å²) in [5, 5.41) is 2.34. The molecule has 0 saturated carbocycles.